The topological polar surface area (TPSA) is 60.8 Å². The second-order valence-electron chi connectivity index (χ2n) is 8.93. The van der Waals surface area contributed by atoms with Crippen molar-refractivity contribution in [1.29, 1.82) is 0 Å². The van der Waals surface area contributed by atoms with Crippen LogP contribution >= 0.6 is 0 Å². The van der Waals surface area contributed by atoms with Gasteiger partial charge in [-0.05, 0) is 44.2 Å². The largest absolute Gasteiger partial charge is 0.463 e. The van der Waals surface area contributed by atoms with Crippen LogP contribution in [0.1, 0.15) is 55.6 Å². The van der Waals surface area contributed by atoms with Gasteiger partial charge in [-0.25, -0.2) is 4.79 Å². The van der Waals surface area contributed by atoms with Crippen LogP contribution in [0.25, 0.3) is 10.9 Å². The molecule has 1 aromatic heterocycles. The lowest BCUT2D eigenvalue weighted by atomic mass is 9.64. The molecule has 0 saturated carbocycles. The summed E-state index contributed by atoms with van der Waals surface area (Å²) < 4.78 is 14.0. The normalized spacial score (nSPS) is 35.0. The third-order valence-corrected chi connectivity index (χ3v) is 7.92. The van der Waals surface area contributed by atoms with Gasteiger partial charge in [0.1, 0.15) is 0 Å². The molecule has 0 aliphatic carbocycles. The Bertz CT molecular complexity index is 1070. The Kier molecular flexibility index (Phi) is 3.34. The average molecular weight is 394 g/mol. The van der Waals surface area contributed by atoms with Crippen molar-refractivity contribution in [3.05, 3.63) is 35.5 Å². The molecule has 3 atom stereocenters. The van der Waals surface area contributed by atoms with Crippen molar-refractivity contribution in [2.24, 2.45) is 5.41 Å². The molecule has 152 valence electrons. The van der Waals surface area contributed by atoms with E-state index in [0.29, 0.717) is 6.42 Å². The predicted molar refractivity (Wildman–Crippen MR) is 107 cm³/mol. The zero-order chi connectivity index (χ0) is 20.0. The Morgan fingerprint density at radius 3 is 2.86 bits per heavy atom. The molecule has 6 nitrogen and oxygen atoms in total. The quantitative estimate of drug-likeness (QED) is 0.591. The molecule has 4 aliphatic rings. The van der Waals surface area contributed by atoms with E-state index in [0.717, 1.165) is 55.4 Å². The third kappa shape index (κ3) is 1.74. The summed E-state index contributed by atoms with van der Waals surface area (Å²) in [5, 5.41) is 1.11. The number of fused-ring (bicyclic) bond motifs is 4. The van der Waals surface area contributed by atoms with Crippen LogP contribution in [0.2, 0.25) is 0 Å². The molecule has 29 heavy (non-hydrogen) atoms. The Morgan fingerprint density at radius 1 is 1.24 bits per heavy atom. The summed E-state index contributed by atoms with van der Waals surface area (Å²) in [4.78, 5) is 29.7. The van der Waals surface area contributed by atoms with Gasteiger partial charge in [0.15, 0.2) is 5.72 Å². The van der Waals surface area contributed by atoms with E-state index < -0.39 is 17.3 Å². The van der Waals surface area contributed by atoms with Crippen molar-refractivity contribution in [3.8, 4) is 0 Å². The minimum atomic E-state index is -1.56. The molecule has 0 amide bonds. The number of nitrogens with zero attached hydrogens (tertiary/aromatic N) is 2. The second kappa shape index (κ2) is 5.49. The van der Waals surface area contributed by atoms with Crippen LogP contribution in [0.4, 0.5) is 0 Å². The molecule has 2 bridgehead atoms. The van der Waals surface area contributed by atoms with E-state index in [4.69, 9.17) is 9.47 Å². The first-order chi connectivity index (χ1) is 14.0. The highest BCUT2D eigenvalue weighted by Crippen LogP contribution is 2.68. The van der Waals surface area contributed by atoms with E-state index in [9.17, 15) is 9.59 Å². The molecular formula is C23H26N2O4. The van der Waals surface area contributed by atoms with Crippen molar-refractivity contribution in [3.63, 3.8) is 0 Å². The number of carbonyl (C=O) groups is 2. The van der Waals surface area contributed by atoms with Crippen molar-refractivity contribution in [2.45, 2.75) is 57.3 Å². The summed E-state index contributed by atoms with van der Waals surface area (Å²) in [5.41, 5.74) is 0.521. The summed E-state index contributed by atoms with van der Waals surface area (Å²) in [6, 6.07) is 8.07. The first-order valence-electron chi connectivity index (χ1n) is 10.8. The van der Waals surface area contributed by atoms with Crippen molar-refractivity contribution >= 4 is 22.8 Å². The summed E-state index contributed by atoms with van der Waals surface area (Å²) in [6.07, 6.45) is 4.17. The fourth-order valence-electron chi connectivity index (χ4n) is 6.80. The van der Waals surface area contributed by atoms with E-state index in [-0.39, 0.29) is 17.9 Å². The van der Waals surface area contributed by atoms with Gasteiger partial charge >= 0.3 is 5.97 Å². The Labute approximate surface area is 169 Å². The number of carbonyl (C=O) groups excluding carboxylic acids is 2. The molecule has 4 aliphatic heterocycles. The highest BCUT2D eigenvalue weighted by molar-refractivity contribution is 6.12. The molecule has 5 heterocycles. The second-order valence-corrected chi connectivity index (χ2v) is 8.93. The van der Waals surface area contributed by atoms with Crippen LogP contribution in [0.15, 0.2) is 24.3 Å². The van der Waals surface area contributed by atoms with Gasteiger partial charge in [0.25, 0.3) is 5.91 Å². The van der Waals surface area contributed by atoms with Gasteiger partial charge in [-0.2, -0.15) is 0 Å². The Morgan fingerprint density at radius 2 is 2.07 bits per heavy atom. The van der Waals surface area contributed by atoms with Crippen LogP contribution in [0.5, 0.6) is 0 Å². The smallest absolute Gasteiger partial charge is 0.348 e. The molecule has 2 fully saturated rings. The summed E-state index contributed by atoms with van der Waals surface area (Å²) in [6.45, 7) is 6.00. The minimum absolute atomic E-state index is 0.234. The lowest BCUT2D eigenvalue weighted by Gasteiger charge is -2.57. The van der Waals surface area contributed by atoms with Crippen molar-refractivity contribution in [1.82, 2.24) is 9.47 Å². The maximum absolute atomic E-state index is 14.0. The highest BCUT2D eigenvalue weighted by atomic mass is 16.6. The zero-order valence-electron chi connectivity index (χ0n) is 17.0. The van der Waals surface area contributed by atoms with E-state index in [2.05, 4.69) is 17.9 Å². The molecule has 0 unspecified atom stereocenters. The van der Waals surface area contributed by atoms with Gasteiger partial charge in [-0.15, -0.1) is 0 Å². The maximum Gasteiger partial charge on any atom is 0.348 e. The minimum Gasteiger partial charge on any atom is -0.463 e. The lowest BCUT2D eigenvalue weighted by Crippen LogP contribution is -2.65. The standard InChI is InChI=1S/C23H26N2O4/c1-3-21-11-7-12-24-13-10-16-15-8-5-6-9-17(15)25-18(16)23(21,24)29-22(14-21,19(25)26)20(27)28-4-2/h5-6,8-9H,3-4,7,10-14H2,1-2H3/t21-,22+,23+/m0/s1. The fourth-order valence-corrected chi connectivity index (χ4v) is 6.80. The number of rotatable bonds is 3. The van der Waals surface area contributed by atoms with Gasteiger partial charge in [-0.1, -0.05) is 25.1 Å². The first kappa shape index (κ1) is 17.7. The number of benzene rings is 1. The molecular weight excluding hydrogens is 368 g/mol. The fraction of sp³-hybridized carbons (Fsp3) is 0.565. The molecule has 2 saturated heterocycles. The lowest BCUT2D eigenvalue weighted by molar-refractivity contribution is -0.250. The summed E-state index contributed by atoms with van der Waals surface area (Å²) in [5.74, 6) is -0.805. The van der Waals surface area contributed by atoms with E-state index in [1.54, 1.807) is 6.92 Å². The average Bonchev–Trinajstić information content (AvgIpc) is 3.23. The van der Waals surface area contributed by atoms with E-state index in [1.165, 1.54) is 5.56 Å². The van der Waals surface area contributed by atoms with Crippen LogP contribution in [0, 0.1) is 5.41 Å². The third-order valence-electron chi connectivity index (χ3n) is 7.92. The van der Waals surface area contributed by atoms with Crippen molar-refractivity contribution in [2.75, 3.05) is 19.7 Å². The molecule has 6 heteroatoms. The maximum atomic E-state index is 14.0. The Hall–Kier alpha value is -2.18. The number of hydrogen-bond acceptors (Lipinski definition) is 5. The SMILES string of the molecule is CCOC(=O)[C@@]12C[C@]3(CC)CCCN4CCc5c(n(c6ccccc56)C1=O)[C@]43O2. The first-order valence-corrected chi connectivity index (χ1v) is 10.8. The summed E-state index contributed by atoms with van der Waals surface area (Å²) in [7, 11) is 0. The van der Waals surface area contributed by atoms with Gasteiger partial charge in [0.05, 0.1) is 17.8 Å². The zero-order valence-corrected chi connectivity index (χ0v) is 17.0. The molecule has 0 radical (unpaired) electrons. The van der Waals surface area contributed by atoms with Gasteiger partial charge in [0, 0.05) is 30.3 Å². The number of piperidine rings is 1. The van der Waals surface area contributed by atoms with Crippen LogP contribution in [-0.4, -0.2) is 46.6 Å². The Balaban J connectivity index is 1.75. The van der Waals surface area contributed by atoms with Gasteiger partial charge in [0.2, 0.25) is 5.60 Å². The molecule has 2 aromatic rings. The number of aromatic nitrogens is 1. The number of ether oxygens (including phenoxy) is 2. The number of hydrogen-bond donors (Lipinski definition) is 0. The number of esters is 1. The van der Waals surface area contributed by atoms with Crippen molar-refractivity contribution < 1.29 is 19.1 Å². The molecule has 0 N–H and O–H groups in total. The van der Waals surface area contributed by atoms with Crippen LogP contribution in [0.3, 0.4) is 0 Å². The van der Waals surface area contributed by atoms with Gasteiger partial charge < -0.3 is 9.47 Å². The predicted octanol–water partition coefficient (Wildman–Crippen LogP) is 3.22. The monoisotopic (exact) mass is 394 g/mol. The highest BCUT2D eigenvalue weighted by Gasteiger charge is 2.78. The van der Waals surface area contributed by atoms with E-state index in [1.807, 2.05) is 22.8 Å². The van der Waals surface area contributed by atoms with E-state index >= 15 is 0 Å². The number of para-hydroxylation sites is 1. The molecule has 6 rings (SSSR count). The van der Waals surface area contributed by atoms with Crippen LogP contribution in [-0.2, 0) is 26.4 Å². The van der Waals surface area contributed by atoms with Crippen LogP contribution < -0.4 is 0 Å². The molecule has 1 aromatic carbocycles. The molecule has 1 spiro atoms. The van der Waals surface area contributed by atoms with Gasteiger partial charge in [-0.3, -0.25) is 14.3 Å². The summed E-state index contributed by atoms with van der Waals surface area (Å²) >= 11 is 0.